The fraction of sp³-hybridized carbons (Fsp3) is 0.571. The van der Waals surface area contributed by atoms with Crippen LogP contribution in [0.25, 0.3) is 0 Å². The van der Waals surface area contributed by atoms with Crippen LogP contribution in [0.3, 0.4) is 0 Å². The van der Waals surface area contributed by atoms with Gasteiger partial charge in [-0.25, -0.2) is 4.79 Å². The number of aliphatic carboxylic acids is 2. The molecule has 228 valence electrons. The van der Waals surface area contributed by atoms with E-state index in [1.54, 1.807) is 44.2 Å². The second-order valence-corrected chi connectivity index (χ2v) is 10.4. The maximum Gasteiger partial charge on any atom is 0.326 e. The van der Waals surface area contributed by atoms with Crippen molar-refractivity contribution in [1.82, 2.24) is 21.3 Å². The van der Waals surface area contributed by atoms with E-state index in [4.69, 9.17) is 10.8 Å². The zero-order valence-corrected chi connectivity index (χ0v) is 24.0. The summed E-state index contributed by atoms with van der Waals surface area (Å²) in [4.78, 5) is 74.6. The van der Waals surface area contributed by atoms with Gasteiger partial charge in [-0.05, 0) is 30.2 Å². The molecular formula is C28H43N5O8. The minimum Gasteiger partial charge on any atom is -0.481 e. The van der Waals surface area contributed by atoms with Crippen LogP contribution in [-0.2, 0) is 35.2 Å². The van der Waals surface area contributed by atoms with Crippen molar-refractivity contribution in [3.05, 3.63) is 35.9 Å². The fourth-order valence-corrected chi connectivity index (χ4v) is 4.03. The van der Waals surface area contributed by atoms with Crippen LogP contribution in [0.15, 0.2) is 30.3 Å². The van der Waals surface area contributed by atoms with Crippen LogP contribution in [0, 0.1) is 11.8 Å². The molecule has 0 aliphatic rings. The number of carboxylic acids is 2. The number of benzene rings is 1. The van der Waals surface area contributed by atoms with E-state index in [0.29, 0.717) is 12.0 Å². The molecule has 0 spiro atoms. The summed E-state index contributed by atoms with van der Waals surface area (Å²) in [5.74, 6) is -5.65. The Balaban J connectivity index is 3.23. The zero-order chi connectivity index (χ0) is 31.1. The summed E-state index contributed by atoms with van der Waals surface area (Å²) in [5, 5.41) is 28.8. The second kappa shape index (κ2) is 17.6. The highest BCUT2D eigenvalue weighted by Crippen LogP contribution is 2.12. The largest absolute Gasteiger partial charge is 0.481 e. The molecule has 1 aromatic carbocycles. The first-order valence-electron chi connectivity index (χ1n) is 13.7. The number of amides is 4. The molecule has 4 amide bonds. The molecule has 0 aromatic heterocycles. The van der Waals surface area contributed by atoms with Crippen molar-refractivity contribution >= 4 is 35.6 Å². The van der Waals surface area contributed by atoms with Crippen molar-refractivity contribution in [3.8, 4) is 0 Å². The maximum absolute atomic E-state index is 13.5. The molecule has 0 unspecified atom stereocenters. The van der Waals surface area contributed by atoms with Crippen LogP contribution in [0.4, 0.5) is 0 Å². The molecule has 0 fully saturated rings. The Morgan fingerprint density at radius 3 is 1.90 bits per heavy atom. The smallest absolute Gasteiger partial charge is 0.326 e. The van der Waals surface area contributed by atoms with E-state index < -0.39 is 78.6 Å². The molecule has 5 atom stereocenters. The van der Waals surface area contributed by atoms with Crippen LogP contribution in [0.2, 0.25) is 0 Å². The number of hydrogen-bond donors (Lipinski definition) is 7. The number of carbonyl (C=O) groups excluding carboxylic acids is 4. The molecule has 13 heteroatoms. The van der Waals surface area contributed by atoms with Gasteiger partial charge in [-0.1, -0.05) is 64.4 Å². The molecule has 1 aromatic rings. The highest BCUT2D eigenvalue weighted by molar-refractivity contribution is 5.95. The standard InChI is InChI=1S/C28H43N5O8/c1-5-17(4)24(33-25(37)19(11-12-23(35)36)30-22(34)15-29)27(39)31-20(14-18-9-7-6-8-10-18)26(38)32-21(28(40)41)13-16(2)3/h6-10,16-17,19-21,24H,5,11-15,29H2,1-4H3,(H,30,34)(H,31,39)(H,32,38)(H,33,37)(H,35,36)(H,40,41)/t17-,19-,20-,21-,24-/m0/s1. The molecule has 0 radical (unpaired) electrons. The molecule has 0 heterocycles. The van der Waals surface area contributed by atoms with E-state index in [-0.39, 0.29) is 25.2 Å². The van der Waals surface area contributed by atoms with Gasteiger partial charge in [0, 0.05) is 12.8 Å². The van der Waals surface area contributed by atoms with Crippen LogP contribution in [-0.4, -0.2) is 76.5 Å². The predicted molar refractivity (Wildman–Crippen MR) is 150 cm³/mol. The molecule has 0 aliphatic carbocycles. The van der Waals surface area contributed by atoms with Crippen LogP contribution < -0.4 is 27.0 Å². The molecule has 13 nitrogen and oxygen atoms in total. The third-order valence-electron chi connectivity index (χ3n) is 6.51. The van der Waals surface area contributed by atoms with E-state index in [1.807, 2.05) is 13.8 Å². The van der Waals surface area contributed by atoms with E-state index in [1.165, 1.54) is 0 Å². The van der Waals surface area contributed by atoms with Crippen molar-refractivity contribution < 1.29 is 39.0 Å². The molecular weight excluding hydrogens is 534 g/mol. The average molecular weight is 578 g/mol. The van der Waals surface area contributed by atoms with Crippen LogP contribution in [0.1, 0.15) is 58.9 Å². The van der Waals surface area contributed by atoms with Gasteiger partial charge < -0.3 is 37.2 Å². The summed E-state index contributed by atoms with van der Waals surface area (Å²) in [7, 11) is 0. The van der Waals surface area contributed by atoms with Gasteiger partial charge in [-0.2, -0.15) is 0 Å². The number of carboxylic acid groups (broad SMARTS) is 2. The Hall–Kier alpha value is -4.00. The molecule has 8 N–H and O–H groups in total. The molecule has 0 bridgehead atoms. The molecule has 0 saturated carbocycles. The van der Waals surface area contributed by atoms with Gasteiger partial charge in [0.2, 0.25) is 23.6 Å². The Labute approximate surface area is 240 Å². The van der Waals surface area contributed by atoms with Gasteiger partial charge in [0.25, 0.3) is 0 Å². The Kier molecular flexibility index (Phi) is 15.1. The van der Waals surface area contributed by atoms with Crippen molar-refractivity contribution in [2.45, 2.75) is 84.0 Å². The lowest BCUT2D eigenvalue weighted by Crippen LogP contribution is -2.60. The van der Waals surface area contributed by atoms with Gasteiger partial charge in [0.15, 0.2) is 0 Å². The van der Waals surface area contributed by atoms with Gasteiger partial charge in [-0.15, -0.1) is 0 Å². The first-order chi connectivity index (χ1) is 19.3. The molecule has 0 aliphatic heterocycles. The summed E-state index contributed by atoms with van der Waals surface area (Å²) in [6.45, 7) is 6.74. The maximum atomic E-state index is 13.5. The summed E-state index contributed by atoms with van der Waals surface area (Å²) in [6.07, 6.45) is 0.0570. The summed E-state index contributed by atoms with van der Waals surface area (Å²) in [5.41, 5.74) is 6.04. The first kappa shape index (κ1) is 35.0. The van der Waals surface area contributed by atoms with E-state index in [9.17, 15) is 33.9 Å². The zero-order valence-electron chi connectivity index (χ0n) is 24.0. The van der Waals surface area contributed by atoms with E-state index in [0.717, 1.165) is 0 Å². The van der Waals surface area contributed by atoms with Gasteiger partial charge in [0.05, 0.1) is 6.54 Å². The number of rotatable bonds is 18. The van der Waals surface area contributed by atoms with Crippen molar-refractivity contribution in [3.63, 3.8) is 0 Å². The van der Waals surface area contributed by atoms with Crippen molar-refractivity contribution in [1.29, 1.82) is 0 Å². The first-order valence-corrected chi connectivity index (χ1v) is 13.7. The third kappa shape index (κ3) is 12.8. The number of nitrogens with one attached hydrogen (secondary N) is 4. The van der Waals surface area contributed by atoms with Crippen molar-refractivity contribution in [2.75, 3.05) is 6.54 Å². The number of hydrogen-bond acceptors (Lipinski definition) is 7. The Bertz CT molecular complexity index is 1050. The molecule has 41 heavy (non-hydrogen) atoms. The van der Waals surface area contributed by atoms with Gasteiger partial charge in [0.1, 0.15) is 24.2 Å². The Morgan fingerprint density at radius 2 is 1.39 bits per heavy atom. The SMILES string of the molecule is CC[C@H](C)[C@H](NC(=O)[C@H](CCC(=O)O)NC(=O)CN)C(=O)N[C@@H](Cc1ccccc1)C(=O)N[C@@H](CC(C)C)C(=O)O. The van der Waals surface area contributed by atoms with Crippen molar-refractivity contribution in [2.24, 2.45) is 17.6 Å². The summed E-state index contributed by atoms with van der Waals surface area (Å²) < 4.78 is 0. The lowest BCUT2D eigenvalue weighted by atomic mass is 9.96. The highest BCUT2D eigenvalue weighted by Gasteiger charge is 2.33. The lowest BCUT2D eigenvalue weighted by Gasteiger charge is -2.29. The monoisotopic (exact) mass is 577 g/mol. The number of carbonyl (C=O) groups is 6. The fourth-order valence-electron chi connectivity index (χ4n) is 4.03. The predicted octanol–water partition coefficient (Wildman–Crippen LogP) is 0.169. The lowest BCUT2D eigenvalue weighted by molar-refractivity contribution is -0.143. The molecule has 1 rings (SSSR count). The van der Waals surface area contributed by atoms with E-state index >= 15 is 0 Å². The van der Waals surface area contributed by atoms with Gasteiger partial charge in [-0.3, -0.25) is 24.0 Å². The van der Waals surface area contributed by atoms with Crippen LogP contribution in [0.5, 0.6) is 0 Å². The second-order valence-electron chi connectivity index (χ2n) is 10.4. The third-order valence-corrected chi connectivity index (χ3v) is 6.51. The summed E-state index contributed by atoms with van der Waals surface area (Å²) >= 11 is 0. The van der Waals surface area contributed by atoms with Crippen LogP contribution >= 0.6 is 0 Å². The normalized spacial score (nSPS) is 14.6. The average Bonchev–Trinajstić information content (AvgIpc) is 2.92. The van der Waals surface area contributed by atoms with Gasteiger partial charge >= 0.3 is 11.9 Å². The highest BCUT2D eigenvalue weighted by atomic mass is 16.4. The molecule has 0 saturated heterocycles. The quantitative estimate of drug-likeness (QED) is 0.126. The van der Waals surface area contributed by atoms with E-state index in [2.05, 4.69) is 21.3 Å². The minimum absolute atomic E-state index is 0.0163. The topological polar surface area (TPSA) is 217 Å². The summed E-state index contributed by atoms with van der Waals surface area (Å²) in [6, 6.07) is 4.11. The number of nitrogens with two attached hydrogens (primary N) is 1. The Morgan fingerprint density at radius 1 is 0.805 bits per heavy atom. The minimum atomic E-state index is -1.25.